The molecule has 0 saturated heterocycles. The summed E-state index contributed by atoms with van der Waals surface area (Å²) in [7, 11) is 0. The van der Waals surface area contributed by atoms with Crippen molar-refractivity contribution in [2.24, 2.45) is 0 Å². The number of benzene rings is 1. The number of hydrogen-bond acceptors (Lipinski definition) is 5. The highest BCUT2D eigenvalue weighted by Crippen LogP contribution is 2.29. The van der Waals surface area contributed by atoms with Crippen LogP contribution in [0.5, 0.6) is 0 Å². The van der Waals surface area contributed by atoms with Crippen molar-refractivity contribution < 1.29 is 14.8 Å². The van der Waals surface area contributed by atoms with Crippen LogP contribution in [-0.4, -0.2) is 21.0 Å². The molecule has 1 aromatic carbocycles. The second-order valence-electron chi connectivity index (χ2n) is 3.64. The lowest BCUT2D eigenvalue weighted by Crippen LogP contribution is -2.01. The Bertz CT molecular complexity index is 676. The maximum Gasteiger partial charge on any atom is 0.356 e. The van der Waals surface area contributed by atoms with Crippen LogP contribution >= 0.6 is 23.4 Å². The molecule has 0 saturated carbocycles. The summed E-state index contributed by atoms with van der Waals surface area (Å²) in [6.07, 6.45) is 0. The van der Waals surface area contributed by atoms with Crippen molar-refractivity contribution in [3.8, 4) is 0 Å². The van der Waals surface area contributed by atoms with E-state index in [9.17, 15) is 14.9 Å². The Morgan fingerprint density at radius 3 is 2.45 bits per heavy atom. The fourth-order valence-electron chi connectivity index (χ4n) is 1.39. The van der Waals surface area contributed by atoms with E-state index < -0.39 is 10.9 Å². The number of aromatic nitrogens is 1. The van der Waals surface area contributed by atoms with Gasteiger partial charge in [0.1, 0.15) is 5.03 Å². The lowest BCUT2D eigenvalue weighted by Gasteiger charge is -2.03. The Hall–Kier alpha value is -2.12. The second-order valence-corrected chi connectivity index (χ2v) is 5.14. The van der Waals surface area contributed by atoms with Crippen LogP contribution in [0.1, 0.15) is 10.5 Å². The fraction of sp³-hybridized carbons (Fsp3) is 0. The number of carboxylic acids is 1. The maximum absolute atomic E-state index is 10.9. The number of halogens is 1. The highest BCUT2D eigenvalue weighted by Gasteiger charge is 2.12. The van der Waals surface area contributed by atoms with Gasteiger partial charge in [0.25, 0.3) is 5.69 Å². The van der Waals surface area contributed by atoms with Gasteiger partial charge in [-0.2, -0.15) is 0 Å². The van der Waals surface area contributed by atoms with E-state index in [0.29, 0.717) is 9.92 Å². The largest absolute Gasteiger partial charge is 0.476 e. The maximum atomic E-state index is 10.9. The van der Waals surface area contributed by atoms with Gasteiger partial charge in [0.2, 0.25) is 0 Å². The van der Waals surface area contributed by atoms with Crippen molar-refractivity contribution >= 4 is 35.0 Å². The van der Waals surface area contributed by atoms with Crippen molar-refractivity contribution in [1.29, 1.82) is 0 Å². The molecule has 1 heterocycles. The summed E-state index contributed by atoms with van der Waals surface area (Å²) in [4.78, 5) is 25.6. The van der Waals surface area contributed by atoms with E-state index in [2.05, 4.69) is 4.98 Å². The number of hydrogen-bond donors (Lipinski definition) is 1. The summed E-state index contributed by atoms with van der Waals surface area (Å²) < 4.78 is 0. The van der Waals surface area contributed by atoms with Crippen LogP contribution in [0, 0.1) is 10.1 Å². The van der Waals surface area contributed by atoms with Crippen molar-refractivity contribution in [1.82, 2.24) is 4.98 Å². The van der Waals surface area contributed by atoms with Crippen molar-refractivity contribution in [2.45, 2.75) is 9.92 Å². The standard InChI is InChI=1S/C12H7ClN2O4S/c13-9-5-6-10(14-11(9)12(16)17)20-8-3-1-7(2-4-8)15(18)19/h1-6H,(H,16,17). The average Bonchev–Trinajstić information content (AvgIpc) is 2.41. The normalized spacial score (nSPS) is 10.2. The molecule has 0 aliphatic heterocycles. The molecule has 20 heavy (non-hydrogen) atoms. The molecule has 1 N–H and O–H groups in total. The van der Waals surface area contributed by atoms with Gasteiger partial charge in [-0.3, -0.25) is 10.1 Å². The molecule has 8 heteroatoms. The van der Waals surface area contributed by atoms with Crippen molar-refractivity contribution in [3.05, 3.63) is 57.2 Å². The molecule has 0 amide bonds. The van der Waals surface area contributed by atoms with E-state index >= 15 is 0 Å². The lowest BCUT2D eigenvalue weighted by molar-refractivity contribution is -0.384. The predicted molar refractivity (Wildman–Crippen MR) is 73.4 cm³/mol. The van der Waals surface area contributed by atoms with Crippen molar-refractivity contribution in [3.63, 3.8) is 0 Å². The monoisotopic (exact) mass is 310 g/mol. The van der Waals surface area contributed by atoms with Crippen LogP contribution < -0.4 is 0 Å². The first-order valence-corrected chi connectivity index (χ1v) is 6.49. The quantitative estimate of drug-likeness (QED) is 0.686. The number of nitro benzene ring substituents is 1. The first-order chi connectivity index (χ1) is 9.47. The van der Waals surface area contributed by atoms with Gasteiger partial charge in [-0.05, 0) is 24.3 Å². The third-order valence-corrected chi connectivity index (χ3v) is 3.54. The van der Waals surface area contributed by atoms with Crippen LogP contribution in [0.2, 0.25) is 5.02 Å². The van der Waals surface area contributed by atoms with E-state index in [1.54, 1.807) is 18.2 Å². The number of pyridine rings is 1. The highest BCUT2D eigenvalue weighted by atomic mass is 35.5. The van der Waals surface area contributed by atoms with Gasteiger partial charge in [0, 0.05) is 17.0 Å². The fourth-order valence-corrected chi connectivity index (χ4v) is 2.36. The van der Waals surface area contributed by atoms with Crippen molar-refractivity contribution in [2.75, 3.05) is 0 Å². The average molecular weight is 311 g/mol. The van der Waals surface area contributed by atoms with E-state index in [-0.39, 0.29) is 16.4 Å². The summed E-state index contributed by atoms with van der Waals surface area (Å²) >= 11 is 6.91. The Morgan fingerprint density at radius 2 is 1.90 bits per heavy atom. The molecule has 0 radical (unpaired) electrons. The van der Waals surface area contributed by atoms with Gasteiger partial charge in [-0.15, -0.1) is 0 Å². The van der Waals surface area contributed by atoms with Gasteiger partial charge >= 0.3 is 5.97 Å². The van der Waals surface area contributed by atoms with Crippen LogP contribution in [-0.2, 0) is 0 Å². The number of nitro groups is 1. The molecule has 0 fully saturated rings. The molecule has 0 atom stereocenters. The lowest BCUT2D eigenvalue weighted by atomic mass is 10.3. The summed E-state index contributed by atoms with van der Waals surface area (Å²) in [5, 5.41) is 20.0. The topological polar surface area (TPSA) is 93.3 Å². The molecule has 6 nitrogen and oxygen atoms in total. The van der Waals surface area contributed by atoms with E-state index in [1.807, 2.05) is 0 Å². The van der Waals surface area contributed by atoms with Gasteiger partial charge in [-0.1, -0.05) is 23.4 Å². The summed E-state index contributed by atoms with van der Waals surface area (Å²) in [5.41, 5.74) is -0.233. The number of carbonyl (C=O) groups is 1. The molecule has 0 bridgehead atoms. The van der Waals surface area contributed by atoms with Gasteiger partial charge in [-0.25, -0.2) is 9.78 Å². The van der Waals surface area contributed by atoms with Crippen LogP contribution in [0.3, 0.4) is 0 Å². The van der Waals surface area contributed by atoms with E-state index in [4.69, 9.17) is 16.7 Å². The first kappa shape index (κ1) is 14.3. The number of nitrogens with zero attached hydrogens (tertiary/aromatic N) is 2. The molecule has 1 aromatic heterocycles. The number of carboxylic acid groups (broad SMARTS) is 1. The second kappa shape index (κ2) is 5.89. The zero-order valence-corrected chi connectivity index (χ0v) is 11.4. The number of rotatable bonds is 4. The van der Waals surface area contributed by atoms with E-state index in [0.717, 1.165) is 0 Å². The van der Waals surface area contributed by atoms with Crippen LogP contribution in [0.15, 0.2) is 46.3 Å². The van der Waals surface area contributed by atoms with Gasteiger partial charge < -0.3 is 5.11 Å². The Morgan fingerprint density at radius 1 is 1.25 bits per heavy atom. The third-order valence-electron chi connectivity index (χ3n) is 2.29. The first-order valence-electron chi connectivity index (χ1n) is 5.29. The number of aromatic carboxylic acids is 1. The third kappa shape index (κ3) is 3.25. The molecule has 0 aliphatic carbocycles. The molecular formula is C12H7ClN2O4S. The number of non-ortho nitro benzene ring substituents is 1. The Labute approximate surface area is 122 Å². The molecule has 0 aliphatic rings. The smallest absolute Gasteiger partial charge is 0.356 e. The summed E-state index contributed by atoms with van der Waals surface area (Å²) in [5.74, 6) is -1.21. The highest BCUT2D eigenvalue weighted by molar-refractivity contribution is 7.99. The minimum Gasteiger partial charge on any atom is -0.476 e. The predicted octanol–water partition coefficient (Wildman–Crippen LogP) is 3.49. The zero-order valence-electron chi connectivity index (χ0n) is 9.82. The molecule has 102 valence electrons. The Balaban J connectivity index is 2.23. The molecule has 0 unspecified atom stereocenters. The van der Waals surface area contributed by atoms with E-state index in [1.165, 1.54) is 30.0 Å². The van der Waals surface area contributed by atoms with Gasteiger partial charge in [0.15, 0.2) is 5.69 Å². The van der Waals surface area contributed by atoms with Gasteiger partial charge in [0.05, 0.1) is 9.95 Å². The van der Waals surface area contributed by atoms with Crippen LogP contribution in [0.4, 0.5) is 5.69 Å². The molecule has 0 spiro atoms. The minimum absolute atomic E-state index is 0.00959. The molecule has 2 rings (SSSR count). The SMILES string of the molecule is O=C(O)c1nc(Sc2ccc([N+](=O)[O-])cc2)ccc1Cl. The summed E-state index contributed by atoms with van der Waals surface area (Å²) in [6, 6.07) is 8.92. The zero-order chi connectivity index (χ0) is 14.7. The molecule has 2 aromatic rings. The summed E-state index contributed by atoms with van der Waals surface area (Å²) in [6.45, 7) is 0. The minimum atomic E-state index is -1.21. The molecular weight excluding hydrogens is 304 g/mol. The Kier molecular flexibility index (Phi) is 4.21. The van der Waals surface area contributed by atoms with Crippen LogP contribution in [0.25, 0.3) is 0 Å².